The number of hydrogen-bond donors (Lipinski definition) is 0. The van der Waals surface area contributed by atoms with E-state index in [2.05, 4.69) is 30.9 Å². The molecule has 1 aromatic heterocycles. The van der Waals surface area contributed by atoms with Crippen molar-refractivity contribution < 1.29 is 14.4 Å². The molecule has 0 radical (unpaired) electrons. The highest BCUT2D eigenvalue weighted by atomic mass is 16.5. The van der Waals surface area contributed by atoms with Crippen molar-refractivity contribution in [3.63, 3.8) is 0 Å². The first-order valence-corrected chi connectivity index (χ1v) is 10.3. The van der Waals surface area contributed by atoms with E-state index >= 15 is 0 Å². The minimum absolute atomic E-state index is 0.0634. The van der Waals surface area contributed by atoms with Gasteiger partial charge in [0.05, 0.1) is 6.54 Å². The van der Waals surface area contributed by atoms with Crippen LogP contribution in [-0.4, -0.2) is 35.1 Å². The van der Waals surface area contributed by atoms with Gasteiger partial charge in [-0.3, -0.25) is 0 Å². The Hall–Kier alpha value is -1.43. The van der Waals surface area contributed by atoms with E-state index in [1.54, 1.807) is 0 Å². The molecule has 1 heterocycles. The summed E-state index contributed by atoms with van der Waals surface area (Å²) in [6, 6.07) is 0. The van der Waals surface area contributed by atoms with Crippen molar-refractivity contribution >= 4 is 5.97 Å². The molecule has 0 bridgehead atoms. The number of nitrogens with zero attached hydrogens (tertiary/aromatic N) is 3. The number of rotatable bonds is 9. The van der Waals surface area contributed by atoms with Crippen LogP contribution in [0.1, 0.15) is 96.2 Å². The summed E-state index contributed by atoms with van der Waals surface area (Å²) >= 11 is 0. The third-order valence-corrected chi connectivity index (χ3v) is 6.31. The van der Waals surface area contributed by atoms with E-state index < -0.39 is 5.97 Å². The molecule has 0 saturated heterocycles. The highest BCUT2D eigenvalue weighted by molar-refractivity contribution is 5.65. The summed E-state index contributed by atoms with van der Waals surface area (Å²) in [5.41, 5.74) is 0.614. The second-order valence-electron chi connectivity index (χ2n) is 9.54. The fourth-order valence-electron chi connectivity index (χ4n) is 4.58. The van der Waals surface area contributed by atoms with Gasteiger partial charge in [-0.1, -0.05) is 51.6 Å². The minimum Gasteiger partial charge on any atom is -0.550 e. The third-order valence-electron chi connectivity index (χ3n) is 6.31. The van der Waals surface area contributed by atoms with Gasteiger partial charge in [-0.05, 0) is 57.0 Å². The maximum Gasteiger partial charge on any atom is 0.230 e. The molecule has 154 valence electrons. The number of carboxylic acid groups (broad SMARTS) is 1. The molecular weight excluding hydrogens is 342 g/mol. The predicted molar refractivity (Wildman–Crippen MR) is 103 cm³/mol. The molecule has 1 atom stereocenters. The zero-order valence-electron chi connectivity index (χ0n) is 17.7. The van der Waals surface area contributed by atoms with Crippen LogP contribution < -0.4 is 5.11 Å². The molecule has 0 amide bonds. The molecule has 1 aliphatic carbocycles. The van der Waals surface area contributed by atoms with Gasteiger partial charge in [0.25, 0.3) is 0 Å². The van der Waals surface area contributed by atoms with Crippen LogP contribution >= 0.6 is 0 Å². The van der Waals surface area contributed by atoms with Crippen molar-refractivity contribution in [2.75, 3.05) is 14.1 Å². The van der Waals surface area contributed by atoms with E-state index in [1.807, 2.05) is 19.0 Å². The number of aliphatic carboxylic acids is 1. The quantitative estimate of drug-likeness (QED) is 0.654. The number of carboxylic acids is 1. The van der Waals surface area contributed by atoms with Gasteiger partial charge in [0.1, 0.15) is 0 Å². The van der Waals surface area contributed by atoms with Crippen molar-refractivity contribution in [3.05, 3.63) is 11.7 Å². The van der Waals surface area contributed by atoms with E-state index in [0.717, 1.165) is 19.3 Å². The Morgan fingerprint density at radius 3 is 2.48 bits per heavy atom. The van der Waals surface area contributed by atoms with Crippen LogP contribution in [0.4, 0.5) is 0 Å². The first-order valence-electron chi connectivity index (χ1n) is 10.3. The maximum absolute atomic E-state index is 11.2. The molecule has 0 N–H and O–H groups in total. The van der Waals surface area contributed by atoms with Crippen LogP contribution in [0.5, 0.6) is 0 Å². The largest absolute Gasteiger partial charge is 0.550 e. The summed E-state index contributed by atoms with van der Waals surface area (Å²) in [7, 11) is 3.87. The highest BCUT2D eigenvalue weighted by Crippen LogP contribution is 2.53. The molecule has 0 spiro atoms. The molecule has 0 aromatic carbocycles. The van der Waals surface area contributed by atoms with Gasteiger partial charge in [0, 0.05) is 11.9 Å². The molecule has 1 unspecified atom stereocenters. The van der Waals surface area contributed by atoms with E-state index in [9.17, 15) is 9.90 Å². The standard InChI is InChI=1S/C21H37N3O3/c1-20(2,3)21(11-7-6-8-12-21)13-9-10-16(14-18(25)26)19-22-17(23-27-19)15-24(4)5/h16H,6-15H2,1-5H3,(H,25,26)/p-1. The Bertz CT molecular complexity index is 598. The SMILES string of the molecule is CN(C)Cc1noc(C(CCCC2(C(C)(C)C)CCCCC2)CC(=O)[O-])n1. The first-order chi connectivity index (χ1) is 12.6. The van der Waals surface area contributed by atoms with Crippen LogP contribution in [0.2, 0.25) is 0 Å². The van der Waals surface area contributed by atoms with Crippen LogP contribution in [0.3, 0.4) is 0 Å². The lowest BCUT2D eigenvalue weighted by atomic mass is 9.57. The van der Waals surface area contributed by atoms with Gasteiger partial charge in [-0.25, -0.2) is 0 Å². The van der Waals surface area contributed by atoms with E-state index in [-0.39, 0.29) is 17.8 Å². The van der Waals surface area contributed by atoms with Gasteiger partial charge in [-0.15, -0.1) is 0 Å². The van der Waals surface area contributed by atoms with Crippen molar-refractivity contribution in [2.45, 2.75) is 91.0 Å². The third kappa shape index (κ3) is 6.03. The van der Waals surface area contributed by atoms with Gasteiger partial charge in [0.15, 0.2) is 5.82 Å². The van der Waals surface area contributed by atoms with Crippen molar-refractivity contribution in [3.8, 4) is 0 Å². The van der Waals surface area contributed by atoms with Crippen LogP contribution in [0.15, 0.2) is 4.52 Å². The predicted octanol–water partition coefficient (Wildman–Crippen LogP) is 3.52. The molecule has 27 heavy (non-hydrogen) atoms. The highest BCUT2D eigenvalue weighted by Gasteiger charge is 2.41. The Balaban J connectivity index is 2.03. The topological polar surface area (TPSA) is 82.3 Å². The molecule has 1 aliphatic rings. The van der Waals surface area contributed by atoms with E-state index in [0.29, 0.717) is 23.7 Å². The van der Waals surface area contributed by atoms with Crippen molar-refractivity contribution in [1.82, 2.24) is 15.0 Å². The van der Waals surface area contributed by atoms with Gasteiger partial charge in [0.2, 0.25) is 5.89 Å². The normalized spacial score (nSPS) is 18.6. The number of hydrogen-bond acceptors (Lipinski definition) is 6. The van der Waals surface area contributed by atoms with Crippen LogP contribution in [-0.2, 0) is 11.3 Å². The lowest BCUT2D eigenvalue weighted by Crippen LogP contribution is -2.37. The smallest absolute Gasteiger partial charge is 0.230 e. The summed E-state index contributed by atoms with van der Waals surface area (Å²) in [6.07, 6.45) is 9.27. The number of carbonyl (C=O) groups is 1. The molecular formula is C21H36N3O3-. The summed E-state index contributed by atoms with van der Waals surface area (Å²) in [5, 5.41) is 15.2. The van der Waals surface area contributed by atoms with Crippen LogP contribution in [0.25, 0.3) is 0 Å². The van der Waals surface area contributed by atoms with Crippen LogP contribution in [0, 0.1) is 10.8 Å². The molecule has 1 saturated carbocycles. The monoisotopic (exact) mass is 378 g/mol. The average Bonchev–Trinajstić information content (AvgIpc) is 3.01. The second kappa shape index (κ2) is 9.18. The van der Waals surface area contributed by atoms with E-state index in [1.165, 1.54) is 32.1 Å². The summed E-state index contributed by atoms with van der Waals surface area (Å²) in [4.78, 5) is 17.6. The number of aromatic nitrogens is 2. The zero-order chi connectivity index (χ0) is 20.1. The second-order valence-corrected chi connectivity index (χ2v) is 9.54. The Kier molecular flexibility index (Phi) is 7.43. The fourth-order valence-corrected chi connectivity index (χ4v) is 4.58. The molecule has 1 fully saturated rings. The molecule has 2 rings (SSSR count). The molecule has 1 aromatic rings. The Labute approximate surface area is 163 Å². The van der Waals surface area contributed by atoms with Gasteiger partial charge in [-0.2, -0.15) is 4.98 Å². The summed E-state index contributed by atoms with van der Waals surface area (Å²) in [6.45, 7) is 7.63. The first kappa shape index (κ1) is 21.9. The average molecular weight is 379 g/mol. The summed E-state index contributed by atoms with van der Waals surface area (Å²) < 4.78 is 5.38. The minimum atomic E-state index is -1.06. The van der Waals surface area contributed by atoms with Crippen molar-refractivity contribution in [2.24, 2.45) is 10.8 Å². The maximum atomic E-state index is 11.2. The Morgan fingerprint density at radius 2 is 1.93 bits per heavy atom. The lowest BCUT2D eigenvalue weighted by Gasteiger charge is -2.48. The van der Waals surface area contributed by atoms with Crippen molar-refractivity contribution in [1.29, 1.82) is 0 Å². The van der Waals surface area contributed by atoms with Gasteiger partial charge < -0.3 is 19.3 Å². The number of carbonyl (C=O) groups excluding carboxylic acids is 1. The summed E-state index contributed by atoms with van der Waals surface area (Å²) in [5.74, 6) is -0.295. The molecule has 6 nitrogen and oxygen atoms in total. The zero-order valence-corrected chi connectivity index (χ0v) is 17.7. The molecule has 0 aliphatic heterocycles. The van der Waals surface area contributed by atoms with E-state index in [4.69, 9.17) is 4.52 Å². The lowest BCUT2D eigenvalue weighted by molar-refractivity contribution is -0.306. The fraction of sp³-hybridized carbons (Fsp3) is 0.857. The van der Waals surface area contributed by atoms with Gasteiger partial charge >= 0.3 is 0 Å². The Morgan fingerprint density at radius 1 is 1.26 bits per heavy atom. The molecule has 6 heteroatoms.